The van der Waals surface area contributed by atoms with E-state index in [1.165, 1.54) is 25.3 Å². The van der Waals surface area contributed by atoms with Crippen molar-refractivity contribution in [2.24, 2.45) is 0 Å². The van der Waals surface area contributed by atoms with E-state index in [1.807, 2.05) is 37.3 Å². The van der Waals surface area contributed by atoms with E-state index in [2.05, 4.69) is 10.0 Å². The van der Waals surface area contributed by atoms with E-state index in [9.17, 15) is 13.2 Å². The van der Waals surface area contributed by atoms with Crippen LogP contribution in [0.3, 0.4) is 0 Å². The van der Waals surface area contributed by atoms with Crippen molar-refractivity contribution in [2.75, 3.05) is 7.11 Å². The molecular weight excluding hydrogens is 392 g/mol. The van der Waals surface area contributed by atoms with Crippen molar-refractivity contribution in [3.63, 3.8) is 0 Å². The molecule has 0 spiro atoms. The van der Waals surface area contributed by atoms with Crippen LogP contribution in [0.5, 0.6) is 5.75 Å². The fourth-order valence-electron chi connectivity index (χ4n) is 3.08. The molecule has 1 aromatic heterocycles. The number of nitrogens with one attached hydrogen (secondary N) is 2. The molecule has 1 atom stereocenters. The van der Waals surface area contributed by atoms with E-state index >= 15 is 0 Å². The first kappa shape index (κ1) is 19.5. The number of para-hydroxylation sites is 1. The number of fused-ring (bicyclic) bond motifs is 1. The smallest absolute Gasteiger partial charge is 0.251 e. The molecule has 2 N–H and O–H groups in total. The number of hydrogen-bond acceptors (Lipinski definition) is 5. The minimum Gasteiger partial charge on any atom is -0.495 e. The van der Waals surface area contributed by atoms with Crippen molar-refractivity contribution in [2.45, 2.75) is 36.7 Å². The predicted molar refractivity (Wildman–Crippen MR) is 108 cm³/mol. The molecule has 0 aliphatic heterocycles. The summed E-state index contributed by atoms with van der Waals surface area (Å²) in [5.41, 5.74) is 0.970. The van der Waals surface area contributed by atoms with Gasteiger partial charge in [0.05, 0.1) is 13.2 Å². The Bertz CT molecular complexity index is 1130. The number of hydrogen-bond donors (Lipinski definition) is 2. The molecule has 1 saturated carbocycles. The van der Waals surface area contributed by atoms with E-state index in [0.29, 0.717) is 5.76 Å². The number of furan rings is 1. The normalized spacial score (nSPS) is 15.2. The zero-order valence-electron chi connectivity index (χ0n) is 16.1. The summed E-state index contributed by atoms with van der Waals surface area (Å²) in [7, 11) is -2.37. The van der Waals surface area contributed by atoms with Crippen molar-refractivity contribution in [3.05, 3.63) is 59.9 Å². The first-order valence-corrected chi connectivity index (χ1v) is 10.9. The molecule has 3 aromatic rings. The van der Waals surface area contributed by atoms with Crippen LogP contribution in [0.2, 0.25) is 0 Å². The lowest BCUT2D eigenvalue weighted by molar-refractivity contribution is 0.0935. The second kappa shape index (κ2) is 7.53. The van der Waals surface area contributed by atoms with Gasteiger partial charge in [-0.3, -0.25) is 4.79 Å². The quantitative estimate of drug-likeness (QED) is 0.618. The van der Waals surface area contributed by atoms with Crippen LogP contribution in [-0.4, -0.2) is 27.5 Å². The monoisotopic (exact) mass is 414 g/mol. The highest BCUT2D eigenvalue weighted by Crippen LogP contribution is 2.29. The molecule has 4 rings (SSSR count). The third-order valence-corrected chi connectivity index (χ3v) is 6.38. The Balaban J connectivity index is 1.57. The number of carbonyl (C=O) groups excluding carboxylic acids is 1. The minimum atomic E-state index is -3.77. The van der Waals surface area contributed by atoms with Crippen LogP contribution in [0.15, 0.2) is 57.8 Å². The van der Waals surface area contributed by atoms with Gasteiger partial charge in [-0.25, -0.2) is 13.1 Å². The van der Waals surface area contributed by atoms with Crippen LogP contribution in [0.25, 0.3) is 11.0 Å². The Hall–Kier alpha value is -2.84. The fraction of sp³-hybridized carbons (Fsp3) is 0.286. The molecule has 7 nitrogen and oxygen atoms in total. The number of methoxy groups -OCH3 is 1. The number of ether oxygens (including phenoxy) is 1. The van der Waals surface area contributed by atoms with Gasteiger partial charge in [-0.05, 0) is 50.1 Å². The van der Waals surface area contributed by atoms with Gasteiger partial charge in [-0.2, -0.15) is 0 Å². The number of rotatable bonds is 7. The Morgan fingerprint density at radius 1 is 1.17 bits per heavy atom. The van der Waals surface area contributed by atoms with Crippen LogP contribution >= 0.6 is 0 Å². The molecule has 1 aliphatic carbocycles. The Morgan fingerprint density at radius 3 is 2.62 bits per heavy atom. The lowest BCUT2D eigenvalue weighted by Crippen LogP contribution is -2.28. The molecule has 152 valence electrons. The highest BCUT2D eigenvalue weighted by Gasteiger charge is 2.30. The molecule has 1 aliphatic rings. The first-order chi connectivity index (χ1) is 13.9. The summed E-state index contributed by atoms with van der Waals surface area (Å²) in [4.78, 5) is 12.7. The van der Waals surface area contributed by atoms with Crippen LogP contribution in [0.1, 0.15) is 41.9 Å². The second-order valence-electron chi connectivity index (χ2n) is 7.14. The van der Waals surface area contributed by atoms with Crippen LogP contribution < -0.4 is 14.8 Å². The Labute approximate surface area is 169 Å². The molecular formula is C21H22N2O5S. The number of amides is 1. The van der Waals surface area contributed by atoms with E-state index in [0.717, 1.165) is 23.8 Å². The average Bonchev–Trinajstić information content (AvgIpc) is 3.40. The van der Waals surface area contributed by atoms with Crippen molar-refractivity contribution in [1.82, 2.24) is 10.0 Å². The Morgan fingerprint density at radius 2 is 1.93 bits per heavy atom. The van der Waals surface area contributed by atoms with Crippen LogP contribution in [0.4, 0.5) is 0 Å². The number of carbonyl (C=O) groups is 1. The van der Waals surface area contributed by atoms with Gasteiger partial charge < -0.3 is 14.5 Å². The maximum atomic E-state index is 12.7. The fourth-order valence-corrected chi connectivity index (χ4v) is 4.58. The third kappa shape index (κ3) is 4.13. The molecule has 1 unspecified atom stereocenters. The molecule has 29 heavy (non-hydrogen) atoms. The predicted octanol–water partition coefficient (Wildman–Crippen LogP) is 3.37. The molecule has 8 heteroatoms. The van der Waals surface area contributed by atoms with Crippen LogP contribution in [0, 0.1) is 0 Å². The summed E-state index contributed by atoms with van der Waals surface area (Å²) in [6.45, 7) is 1.81. The molecule has 1 fully saturated rings. The zero-order valence-corrected chi connectivity index (χ0v) is 17.0. The highest BCUT2D eigenvalue weighted by molar-refractivity contribution is 7.89. The standard InChI is InChI=1S/C21H22N2O5S/c1-13(19-11-14-5-3-4-6-17(14)28-19)22-21(24)15-7-10-18(27-2)20(12-15)29(25,26)23-16-8-9-16/h3-7,10-13,16,23H,8-9H2,1-2H3,(H,22,24). The summed E-state index contributed by atoms with van der Waals surface area (Å²) in [5.74, 6) is 0.417. The minimum absolute atomic E-state index is 0.0454. The third-order valence-electron chi connectivity index (χ3n) is 4.83. The maximum Gasteiger partial charge on any atom is 0.251 e. The summed E-state index contributed by atoms with van der Waals surface area (Å²) in [5, 5.41) is 3.81. The summed E-state index contributed by atoms with van der Waals surface area (Å²) in [6, 6.07) is 13.4. The van der Waals surface area contributed by atoms with Gasteiger partial charge in [0.2, 0.25) is 10.0 Å². The van der Waals surface area contributed by atoms with Gasteiger partial charge in [0.15, 0.2) is 0 Å². The number of sulfonamides is 1. The molecule has 0 saturated heterocycles. The molecule has 0 radical (unpaired) electrons. The molecule has 2 aromatic carbocycles. The van der Waals surface area contributed by atoms with Gasteiger partial charge >= 0.3 is 0 Å². The SMILES string of the molecule is COc1ccc(C(=O)NC(C)c2cc3ccccc3o2)cc1S(=O)(=O)NC1CC1. The van der Waals surface area contributed by atoms with Gasteiger partial charge in [-0.15, -0.1) is 0 Å². The summed E-state index contributed by atoms with van der Waals surface area (Å²) < 4.78 is 38.9. The lowest BCUT2D eigenvalue weighted by Gasteiger charge is -2.14. The van der Waals surface area contributed by atoms with E-state index < -0.39 is 15.9 Å². The van der Waals surface area contributed by atoms with E-state index in [-0.39, 0.29) is 28.3 Å². The second-order valence-corrected chi connectivity index (χ2v) is 8.83. The summed E-state index contributed by atoms with van der Waals surface area (Å²) >= 11 is 0. The van der Waals surface area contributed by atoms with Crippen molar-refractivity contribution in [3.8, 4) is 5.75 Å². The van der Waals surface area contributed by atoms with Crippen molar-refractivity contribution < 1.29 is 22.4 Å². The maximum absolute atomic E-state index is 12.7. The molecule has 1 amide bonds. The number of benzene rings is 2. The topological polar surface area (TPSA) is 97.6 Å². The van der Waals surface area contributed by atoms with Crippen LogP contribution in [-0.2, 0) is 10.0 Å². The van der Waals surface area contributed by atoms with Gasteiger partial charge in [0.25, 0.3) is 5.91 Å². The summed E-state index contributed by atoms with van der Waals surface area (Å²) in [6.07, 6.45) is 1.63. The van der Waals surface area contributed by atoms with E-state index in [4.69, 9.17) is 9.15 Å². The van der Waals surface area contributed by atoms with Gasteiger partial charge in [0.1, 0.15) is 22.0 Å². The zero-order chi connectivity index (χ0) is 20.6. The van der Waals surface area contributed by atoms with Gasteiger partial charge in [-0.1, -0.05) is 18.2 Å². The van der Waals surface area contributed by atoms with Crippen molar-refractivity contribution in [1.29, 1.82) is 0 Å². The highest BCUT2D eigenvalue weighted by atomic mass is 32.2. The van der Waals surface area contributed by atoms with Gasteiger partial charge in [0, 0.05) is 17.0 Å². The Kier molecular flexibility index (Phi) is 5.06. The molecule has 0 bridgehead atoms. The lowest BCUT2D eigenvalue weighted by atomic mass is 10.1. The van der Waals surface area contributed by atoms with Crippen molar-refractivity contribution >= 4 is 26.9 Å². The largest absolute Gasteiger partial charge is 0.495 e. The van der Waals surface area contributed by atoms with E-state index in [1.54, 1.807) is 0 Å². The first-order valence-electron chi connectivity index (χ1n) is 9.37. The average molecular weight is 414 g/mol. The molecule has 1 heterocycles.